The normalized spacial score (nSPS) is 12.1. The maximum atomic E-state index is 14.7. The minimum atomic E-state index is -1.90. The maximum Gasteiger partial charge on any atom is 0.328 e. The maximum absolute atomic E-state index is 14.7. The molecule has 11 heteroatoms. The van der Waals surface area contributed by atoms with Crippen LogP contribution in [-0.4, -0.2) is 36.5 Å². The summed E-state index contributed by atoms with van der Waals surface area (Å²) in [5, 5.41) is 5.94. The molecule has 1 heterocycles. The number of amides is 2. The average Bonchev–Trinajstić information content (AvgIpc) is 2.79. The number of nitrogens with one attached hydrogen (secondary N) is 3. The SMILES string of the molecule is COCc1ccc([C@@H](NC(=O)Cn2ccc(=O)[nH]c2=O)C(=O)Nc2ccc([Si](C)(C)C)c(F)c2)cc1. The van der Waals surface area contributed by atoms with Crippen molar-refractivity contribution >= 4 is 30.8 Å². The molecule has 9 nitrogen and oxygen atoms in total. The van der Waals surface area contributed by atoms with Gasteiger partial charge in [0.15, 0.2) is 0 Å². The van der Waals surface area contributed by atoms with Gasteiger partial charge < -0.3 is 15.4 Å². The molecular formula is C25H29FN4O5Si. The number of rotatable bonds is 9. The fraction of sp³-hybridized carbons (Fsp3) is 0.280. The van der Waals surface area contributed by atoms with Crippen molar-refractivity contribution in [3.63, 3.8) is 0 Å². The molecule has 0 radical (unpaired) electrons. The van der Waals surface area contributed by atoms with Crippen molar-refractivity contribution in [3.8, 4) is 0 Å². The molecule has 3 rings (SSSR count). The highest BCUT2D eigenvalue weighted by molar-refractivity contribution is 6.88. The average molecular weight is 513 g/mol. The smallest absolute Gasteiger partial charge is 0.328 e. The van der Waals surface area contributed by atoms with Gasteiger partial charge in [0.25, 0.3) is 11.5 Å². The van der Waals surface area contributed by atoms with E-state index in [2.05, 4.69) is 15.6 Å². The molecule has 2 aromatic carbocycles. The fourth-order valence-corrected chi connectivity index (χ4v) is 4.99. The first-order valence-electron chi connectivity index (χ1n) is 11.3. The molecule has 3 N–H and O–H groups in total. The van der Waals surface area contributed by atoms with Crippen molar-refractivity contribution in [1.82, 2.24) is 14.9 Å². The highest BCUT2D eigenvalue weighted by atomic mass is 28.3. The van der Waals surface area contributed by atoms with Gasteiger partial charge in [0, 0.05) is 25.1 Å². The molecule has 1 aromatic heterocycles. The van der Waals surface area contributed by atoms with Crippen LogP contribution in [0.5, 0.6) is 0 Å². The quantitative estimate of drug-likeness (QED) is 0.378. The number of aromatic amines is 1. The third kappa shape index (κ3) is 6.86. The van der Waals surface area contributed by atoms with Crippen LogP contribution < -0.4 is 27.1 Å². The third-order valence-electron chi connectivity index (χ3n) is 5.45. The van der Waals surface area contributed by atoms with Crippen molar-refractivity contribution in [1.29, 1.82) is 0 Å². The molecule has 0 aliphatic heterocycles. The lowest BCUT2D eigenvalue weighted by Crippen LogP contribution is -2.41. The molecule has 0 fully saturated rings. The van der Waals surface area contributed by atoms with Gasteiger partial charge in [-0.15, -0.1) is 0 Å². The first kappa shape index (κ1) is 26.8. The number of methoxy groups -OCH3 is 1. The minimum absolute atomic E-state index is 0.256. The van der Waals surface area contributed by atoms with Crippen molar-refractivity contribution in [2.45, 2.75) is 38.8 Å². The lowest BCUT2D eigenvalue weighted by Gasteiger charge is -2.21. The van der Waals surface area contributed by atoms with Crippen LogP contribution in [0.4, 0.5) is 10.1 Å². The van der Waals surface area contributed by atoms with E-state index in [4.69, 9.17) is 4.74 Å². The van der Waals surface area contributed by atoms with Gasteiger partial charge in [-0.1, -0.05) is 50.0 Å². The first-order valence-corrected chi connectivity index (χ1v) is 14.8. The van der Waals surface area contributed by atoms with Gasteiger partial charge in [0.1, 0.15) is 18.4 Å². The van der Waals surface area contributed by atoms with E-state index < -0.39 is 49.5 Å². The van der Waals surface area contributed by atoms with E-state index in [1.165, 1.54) is 12.3 Å². The Hall–Kier alpha value is -3.83. The highest BCUT2D eigenvalue weighted by Crippen LogP contribution is 2.19. The predicted octanol–water partition coefficient (Wildman–Crippen LogP) is 1.86. The summed E-state index contributed by atoms with van der Waals surface area (Å²) in [5.41, 5.74) is 0.272. The van der Waals surface area contributed by atoms with Gasteiger partial charge in [-0.05, 0) is 28.4 Å². The number of hydrogen-bond acceptors (Lipinski definition) is 5. The molecule has 1 atom stereocenters. The summed E-state index contributed by atoms with van der Waals surface area (Å²) >= 11 is 0. The largest absolute Gasteiger partial charge is 0.380 e. The van der Waals surface area contributed by atoms with Crippen LogP contribution in [0.25, 0.3) is 0 Å². The molecule has 0 saturated heterocycles. The van der Waals surface area contributed by atoms with Gasteiger partial charge in [-0.3, -0.25) is 23.9 Å². The summed E-state index contributed by atoms with van der Waals surface area (Å²) in [4.78, 5) is 51.3. The number of carbonyl (C=O) groups excluding carboxylic acids is 2. The molecule has 190 valence electrons. The summed E-state index contributed by atoms with van der Waals surface area (Å²) in [6.07, 6.45) is 1.19. The van der Waals surface area contributed by atoms with E-state index in [0.717, 1.165) is 16.2 Å². The van der Waals surface area contributed by atoms with E-state index in [0.29, 0.717) is 17.4 Å². The Balaban J connectivity index is 1.85. The number of ether oxygens (including phenoxy) is 1. The molecular weight excluding hydrogens is 483 g/mol. The Labute approximate surface area is 208 Å². The molecule has 0 unspecified atom stereocenters. The lowest BCUT2D eigenvalue weighted by atomic mass is 10.0. The molecule has 0 bridgehead atoms. The first-order chi connectivity index (χ1) is 17.0. The monoisotopic (exact) mass is 512 g/mol. The zero-order chi connectivity index (χ0) is 26.5. The van der Waals surface area contributed by atoms with Gasteiger partial charge in [0.2, 0.25) is 5.91 Å². The van der Waals surface area contributed by atoms with Gasteiger partial charge in [-0.2, -0.15) is 0 Å². The van der Waals surface area contributed by atoms with E-state index in [9.17, 15) is 23.6 Å². The van der Waals surface area contributed by atoms with Gasteiger partial charge in [-0.25, -0.2) is 9.18 Å². The minimum Gasteiger partial charge on any atom is -0.380 e. The number of anilines is 1. The van der Waals surface area contributed by atoms with Gasteiger partial charge in [0.05, 0.1) is 14.7 Å². The van der Waals surface area contributed by atoms with Crippen molar-refractivity contribution in [2.75, 3.05) is 12.4 Å². The van der Waals surface area contributed by atoms with E-state index in [1.807, 2.05) is 19.6 Å². The third-order valence-corrected chi connectivity index (χ3v) is 7.47. The van der Waals surface area contributed by atoms with Crippen molar-refractivity contribution < 1.29 is 18.7 Å². The zero-order valence-corrected chi connectivity index (χ0v) is 21.6. The van der Waals surface area contributed by atoms with Crippen molar-refractivity contribution in [3.05, 3.63) is 92.5 Å². The standard InChI is InChI=1S/C25H29FN4O5Si/c1-35-15-16-5-7-17(8-6-16)23(28-22(32)14-30-12-11-21(31)29-25(30)34)24(33)27-18-9-10-20(19(26)13-18)36(2,3)4/h5-13,23H,14-15H2,1-4H3,(H,27,33)(H,28,32)(H,29,31,34)/t23-/m1/s1. The van der Waals surface area contributed by atoms with Crippen molar-refractivity contribution in [2.24, 2.45) is 0 Å². The number of aromatic nitrogens is 2. The van der Waals surface area contributed by atoms with Crippen LogP contribution in [0.2, 0.25) is 19.6 Å². The molecule has 3 aromatic rings. The molecule has 36 heavy (non-hydrogen) atoms. The topological polar surface area (TPSA) is 122 Å². The molecule has 0 saturated carbocycles. The van der Waals surface area contributed by atoms with Crippen LogP contribution in [0.15, 0.2) is 64.3 Å². The Morgan fingerprint density at radius 1 is 1.08 bits per heavy atom. The molecule has 0 spiro atoms. The molecule has 2 amide bonds. The van der Waals surface area contributed by atoms with Crippen LogP contribution >= 0.6 is 0 Å². The Kier molecular flexibility index (Phi) is 8.38. The number of nitrogens with zero attached hydrogens (tertiary/aromatic N) is 1. The van der Waals surface area contributed by atoms with Crippen LogP contribution in [0.3, 0.4) is 0 Å². The highest BCUT2D eigenvalue weighted by Gasteiger charge is 2.25. The summed E-state index contributed by atoms with van der Waals surface area (Å²) in [6.45, 7) is 6.03. The number of carbonyl (C=O) groups is 2. The zero-order valence-electron chi connectivity index (χ0n) is 20.6. The van der Waals surface area contributed by atoms with Crippen LogP contribution in [-0.2, 0) is 27.5 Å². The number of benzene rings is 2. The Morgan fingerprint density at radius 3 is 2.36 bits per heavy atom. The second kappa shape index (κ2) is 11.3. The second-order valence-electron chi connectivity index (χ2n) is 9.35. The summed E-state index contributed by atoms with van der Waals surface area (Å²) in [6, 6.07) is 11.5. The van der Waals surface area contributed by atoms with Crippen LogP contribution in [0, 0.1) is 5.82 Å². The number of hydrogen-bond donors (Lipinski definition) is 3. The Morgan fingerprint density at radius 2 is 1.78 bits per heavy atom. The molecule has 0 aliphatic carbocycles. The molecule has 0 aliphatic rings. The van der Waals surface area contributed by atoms with E-state index in [1.54, 1.807) is 43.5 Å². The fourth-order valence-electron chi connectivity index (χ4n) is 3.62. The number of H-pyrrole nitrogens is 1. The summed E-state index contributed by atoms with van der Waals surface area (Å²) < 4.78 is 20.8. The van der Waals surface area contributed by atoms with E-state index in [-0.39, 0.29) is 5.69 Å². The van der Waals surface area contributed by atoms with E-state index >= 15 is 0 Å². The van der Waals surface area contributed by atoms with Crippen LogP contribution in [0.1, 0.15) is 17.2 Å². The number of halogens is 1. The summed E-state index contributed by atoms with van der Waals surface area (Å²) in [7, 11) is -0.335. The summed E-state index contributed by atoms with van der Waals surface area (Å²) in [5.74, 6) is -1.61. The lowest BCUT2D eigenvalue weighted by molar-refractivity contribution is -0.127. The second-order valence-corrected chi connectivity index (χ2v) is 14.4. The Bertz CT molecular complexity index is 1360. The predicted molar refractivity (Wildman–Crippen MR) is 137 cm³/mol. The van der Waals surface area contributed by atoms with Gasteiger partial charge >= 0.3 is 5.69 Å².